The summed E-state index contributed by atoms with van der Waals surface area (Å²) in [7, 11) is 1.41. The fourth-order valence-electron chi connectivity index (χ4n) is 1.18. The number of amides is 2. The number of urea groups is 1. The number of carboxylic acid groups (broad SMARTS) is 1. The lowest BCUT2D eigenvalue weighted by Gasteiger charge is -2.31. The number of carboxylic acids is 1. The van der Waals surface area contributed by atoms with Crippen molar-refractivity contribution < 1.29 is 24.2 Å². The zero-order valence-corrected chi connectivity index (χ0v) is 11.9. The Hall–Kier alpha value is -1.79. The molecule has 2 amide bonds. The SMILES string of the molecule is CCOC(=O)CCCNC(=O)N(C)C(C)(C)C(=O)O. The quantitative estimate of drug-likeness (QED) is 0.529. The van der Waals surface area contributed by atoms with Crippen LogP contribution in [0.4, 0.5) is 4.79 Å². The molecule has 7 heteroatoms. The summed E-state index contributed by atoms with van der Waals surface area (Å²) in [6.45, 7) is 5.22. The summed E-state index contributed by atoms with van der Waals surface area (Å²) in [5.74, 6) is -1.40. The molecule has 0 aliphatic heterocycles. The van der Waals surface area contributed by atoms with Gasteiger partial charge in [0.05, 0.1) is 6.61 Å². The molecule has 0 heterocycles. The van der Waals surface area contributed by atoms with E-state index in [2.05, 4.69) is 5.32 Å². The lowest BCUT2D eigenvalue weighted by atomic mass is 10.1. The van der Waals surface area contributed by atoms with Gasteiger partial charge in [-0.05, 0) is 27.2 Å². The molecule has 0 radical (unpaired) electrons. The molecule has 0 bridgehead atoms. The highest BCUT2D eigenvalue weighted by atomic mass is 16.5. The minimum atomic E-state index is -1.29. The van der Waals surface area contributed by atoms with Crippen LogP contribution in [-0.4, -0.2) is 53.7 Å². The first-order valence-electron chi connectivity index (χ1n) is 6.14. The van der Waals surface area contributed by atoms with Crippen molar-refractivity contribution in [3.8, 4) is 0 Å². The van der Waals surface area contributed by atoms with Gasteiger partial charge < -0.3 is 20.1 Å². The first-order chi connectivity index (χ1) is 8.73. The van der Waals surface area contributed by atoms with Crippen molar-refractivity contribution in [2.45, 2.75) is 39.2 Å². The van der Waals surface area contributed by atoms with E-state index in [0.717, 1.165) is 4.90 Å². The van der Waals surface area contributed by atoms with Crippen LogP contribution < -0.4 is 5.32 Å². The number of nitrogens with zero attached hydrogens (tertiary/aromatic N) is 1. The number of rotatable bonds is 7. The van der Waals surface area contributed by atoms with Crippen LogP contribution in [-0.2, 0) is 14.3 Å². The molecule has 0 spiro atoms. The van der Waals surface area contributed by atoms with Gasteiger partial charge in [-0.1, -0.05) is 0 Å². The molecule has 19 heavy (non-hydrogen) atoms. The van der Waals surface area contributed by atoms with Crippen molar-refractivity contribution in [3.05, 3.63) is 0 Å². The minimum absolute atomic E-state index is 0.222. The van der Waals surface area contributed by atoms with E-state index in [9.17, 15) is 14.4 Å². The van der Waals surface area contributed by atoms with E-state index in [4.69, 9.17) is 9.84 Å². The summed E-state index contributed by atoms with van der Waals surface area (Å²) in [6.07, 6.45) is 0.673. The number of likely N-dealkylation sites (N-methyl/N-ethyl adjacent to an activating group) is 1. The molecule has 0 unspecified atom stereocenters. The maximum Gasteiger partial charge on any atom is 0.329 e. The van der Waals surface area contributed by atoms with Crippen LogP contribution in [0.25, 0.3) is 0 Å². The summed E-state index contributed by atoms with van der Waals surface area (Å²) >= 11 is 0. The minimum Gasteiger partial charge on any atom is -0.480 e. The van der Waals surface area contributed by atoms with Crippen LogP contribution in [0.5, 0.6) is 0 Å². The van der Waals surface area contributed by atoms with Crippen LogP contribution in [0.3, 0.4) is 0 Å². The Bertz CT molecular complexity index is 341. The Morgan fingerprint density at radius 2 is 1.89 bits per heavy atom. The average Bonchev–Trinajstić information content (AvgIpc) is 2.33. The molecule has 2 N–H and O–H groups in total. The fraction of sp³-hybridized carbons (Fsp3) is 0.750. The lowest BCUT2D eigenvalue weighted by Crippen LogP contribution is -2.54. The third-order valence-corrected chi connectivity index (χ3v) is 2.81. The molecule has 110 valence electrons. The van der Waals surface area contributed by atoms with Gasteiger partial charge in [0.15, 0.2) is 0 Å². The summed E-state index contributed by atoms with van der Waals surface area (Å²) < 4.78 is 4.74. The number of hydrogen-bond acceptors (Lipinski definition) is 4. The third kappa shape index (κ3) is 5.58. The van der Waals surface area contributed by atoms with Gasteiger partial charge >= 0.3 is 18.0 Å². The summed E-state index contributed by atoms with van der Waals surface area (Å²) in [4.78, 5) is 34.8. The second kappa shape index (κ2) is 7.60. The molecular formula is C12H22N2O5. The molecule has 0 aromatic rings. The highest BCUT2D eigenvalue weighted by Crippen LogP contribution is 2.12. The number of carbonyl (C=O) groups excluding carboxylic acids is 2. The number of carbonyl (C=O) groups is 3. The van der Waals surface area contributed by atoms with Crippen molar-refractivity contribution >= 4 is 18.0 Å². The van der Waals surface area contributed by atoms with Gasteiger partial charge in [-0.15, -0.1) is 0 Å². The Morgan fingerprint density at radius 1 is 1.32 bits per heavy atom. The summed E-state index contributed by atoms with van der Waals surface area (Å²) in [5.41, 5.74) is -1.29. The van der Waals surface area contributed by atoms with Crippen molar-refractivity contribution in [1.82, 2.24) is 10.2 Å². The van der Waals surface area contributed by atoms with Gasteiger partial charge in [-0.2, -0.15) is 0 Å². The standard InChI is InChI=1S/C12H22N2O5/c1-5-19-9(15)7-6-8-13-11(18)14(4)12(2,3)10(16)17/h5-8H2,1-4H3,(H,13,18)(H,16,17). The van der Waals surface area contributed by atoms with Crippen LogP contribution >= 0.6 is 0 Å². The van der Waals surface area contributed by atoms with Crippen molar-refractivity contribution in [1.29, 1.82) is 0 Å². The summed E-state index contributed by atoms with van der Waals surface area (Å²) in [5, 5.41) is 11.5. The first-order valence-corrected chi connectivity index (χ1v) is 6.14. The van der Waals surface area contributed by atoms with E-state index in [1.54, 1.807) is 6.92 Å². The fourth-order valence-corrected chi connectivity index (χ4v) is 1.18. The maximum absolute atomic E-state index is 11.7. The zero-order valence-electron chi connectivity index (χ0n) is 11.9. The predicted molar refractivity (Wildman–Crippen MR) is 68.7 cm³/mol. The Morgan fingerprint density at radius 3 is 2.37 bits per heavy atom. The molecular weight excluding hydrogens is 252 g/mol. The molecule has 0 aliphatic carbocycles. The molecule has 0 fully saturated rings. The van der Waals surface area contributed by atoms with Crippen LogP contribution in [0.2, 0.25) is 0 Å². The highest BCUT2D eigenvalue weighted by Gasteiger charge is 2.34. The number of nitrogens with one attached hydrogen (secondary N) is 1. The number of hydrogen-bond donors (Lipinski definition) is 2. The van der Waals surface area contributed by atoms with E-state index in [-0.39, 0.29) is 18.9 Å². The topological polar surface area (TPSA) is 95.9 Å². The van der Waals surface area contributed by atoms with E-state index in [1.165, 1.54) is 20.9 Å². The van der Waals surface area contributed by atoms with Crippen LogP contribution in [0, 0.1) is 0 Å². The van der Waals surface area contributed by atoms with E-state index in [0.29, 0.717) is 13.0 Å². The second-order valence-corrected chi connectivity index (χ2v) is 4.56. The van der Waals surface area contributed by atoms with Crippen molar-refractivity contribution in [2.24, 2.45) is 0 Å². The molecule has 0 rings (SSSR count). The van der Waals surface area contributed by atoms with E-state index in [1.807, 2.05) is 0 Å². The van der Waals surface area contributed by atoms with Crippen molar-refractivity contribution in [2.75, 3.05) is 20.2 Å². The molecule has 0 saturated carbocycles. The van der Waals surface area contributed by atoms with Crippen molar-refractivity contribution in [3.63, 3.8) is 0 Å². The second-order valence-electron chi connectivity index (χ2n) is 4.56. The van der Waals surface area contributed by atoms with Gasteiger partial charge in [0.1, 0.15) is 5.54 Å². The lowest BCUT2D eigenvalue weighted by molar-refractivity contribution is -0.147. The Balaban J connectivity index is 4.06. The molecule has 0 aromatic carbocycles. The smallest absolute Gasteiger partial charge is 0.329 e. The van der Waals surface area contributed by atoms with Gasteiger partial charge in [-0.3, -0.25) is 4.79 Å². The van der Waals surface area contributed by atoms with Crippen LogP contribution in [0.15, 0.2) is 0 Å². The molecule has 0 aromatic heterocycles. The average molecular weight is 274 g/mol. The first kappa shape index (κ1) is 17.2. The zero-order chi connectivity index (χ0) is 15.1. The van der Waals surface area contributed by atoms with E-state index >= 15 is 0 Å². The monoisotopic (exact) mass is 274 g/mol. The highest BCUT2D eigenvalue weighted by molar-refractivity contribution is 5.85. The normalized spacial score (nSPS) is 10.7. The number of esters is 1. The molecule has 0 aliphatic rings. The third-order valence-electron chi connectivity index (χ3n) is 2.81. The van der Waals surface area contributed by atoms with Gasteiger partial charge in [0.25, 0.3) is 0 Å². The predicted octanol–water partition coefficient (Wildman–Crippen LogP) is 0.834. The Labute approximate surface area is 112 Å². The van der Waals surface area contributed by atoms with Gasteiger partial charge in [0, 0.05) is 20.0 Å². The summed E-state index contributed by atoms with van der Waals surface area (Å²) in [6, 6.07) is -0.490. The van der Waals surface area contributed by atoms with Crippen LogP contribution in [0.1, 0.15) is 33.6 Å². The molecule has 7 nitrogen and oxygen atoms in total. The maximum atomic E-state index is 11.7. The van der Waals surface area contributed by atoms with Gasteiger partial charge in [-0.25, -0.2) is 9.59 Å². The Kier molecular flexibility index (Phi) is 6.89. The van der Waals surface area contributed by atoms with Gasteiger partial charge in [0.2, 0.25) is 0 Å². The largest absolute Gasteiger partial charge is 0.480 e. The number of aliphatic carboxylic acids is 1. The number of ether oxygens (including phenoxy) is 1. The molecule has 0 atom stereocenters. The molecule has 0 saturated heterocycles. The van der Waals surface area contributed by atoms with E-state index < -0.39 is 17.5 Å².